The van der Waals surface area contributed by atoms with Crippen LogP contribution in [0, 0.1) is 5.92 Å². The van der Waals surface area contributed by atoms with E-state index in [2.05, 4.69) is 41.0 Å². The van der Waals surface area contributed by atoms with Gasteiger partial charge in [-0.3, -0.25) is 4.79 Å². The van der Waals surface area contributed by atoms with Crippen molar-refractivity contribution in [3.8, 4) is 0 Å². The van der Waals surface area contributed by atoms with Crippen LogP contribution in [0.4, 0.5) is 0 Å². The Morgan fingerprint density at radius 3 is 2.32 bits per heavy atom. The number of methoxy groups -OCH3 is 1. The van der Waals surface area contributed by atoms with Crippen LogP contribution in [-0.2, 0) is 15.1 Å². The van der Waals surface area contributed by atoms with Gasteiger partial charge in [0.05, 0.1) is 5.60 Å². The molecule has 2 saturated heterocycles. The Bertz CT molecular complexity index is 544. The predicted molar refractivity (Wildman–Crippen MR) is 100 cm³/mol. The maximum absolute atomic E-state index is 12.7. The summed E-state index contributed by atoms with van der Waals surface area (Å²) in [6.07, 6.45) is 4.82. The summed E-state index contributed by atoms with van der Waals surface area (Å²) in [6.45, 7) is 7.24. The molecule has 0 saturated carbocycles. The van der Waals surface area contributed by atoms with Gasteiger partial charge in [-0.15, -0.1) is 0 Å². The topological polar surface area (TPSA) is 32.8 Å². The summed E-state index contributed by atoms with van der Waals surface area (Å²) in [5.74, 6) is 0.909. The molecule has 4 nitrogen and oxygen atoms in total. The summed E-state index contributed by atoms with van der Waals surface area (Å²) in [5.41, 5.74) is 1.00. The third-order valence-electron chi connectivity index (χ3n) is 6.23. The van der Waals surface area contributed by atoms with Crippen molar-refractivity contribution >= 4 is 5.91 Å². The summed E-state index contributed by atoms with van der Waals surface area (Å²) in [6, 6.07) is 10.5. The summed E-state index contributed by atoms with van der Waals surface area (Å²) >= 11 is 0. The van der Waals surface area contributed by atoms with Gasteiger partial charge in [-0.2, -0.15) is 0 Å². The molecule has 1 amide bonds. The molecule has 0 bridgehead atoms. The Morgan fingerprint density at radius 1 is 1.12 bits per heavy atom. The maximum Gasteiger partial charge on any atom is 0.222 e. The molecule has 2 heterocycles. The lowest BCUT2D eigenvalue weighted by molar-refractivity contribution is -0.138. The number of carbonyl (C=O) groups excluding carboxylic acids is 1. The number of carbonyl (C=O) groups is 1. The zero-order valence-corrected chi connectivity index (χ0v) is 15.7. The first-order chi connectivity index (χ1) is 12.2. The fraction of sp³-hybridized carbons (Fsp3) is 0.667. The van der Waals surface area contributed by atoms with Crippen molar-refractivity contribution in [2.24, 2.45) is 5.92 Å². The molecule has 0 aromatic heterocycles. The zero-order valence-electron chi connectivity index (χ0n) is 15.7. The second-order valence-electron chi connectivity index (χ2n) is 7.53. The Balaban J connectivity index is 1.52. The predicted octanol–water partition coefficient (Wildman–Crippen LogP) is 3.27. The summed E-state index contributed by atoms with van der Waals surface area (Å²) in [7, 11) is 1.80. The number of benzene rings is 1. The van der Waals surface area contributed by atoms with Gasteiger partial charge >= 0.3 is 0 Å². The van der Waals surface area contributed by atoms with Crippen LogP contribution in [0.3, 0.4) is 0 Å². The van der Waals surface area contributed by atoms with Crippen LogP contribution in [0.1, 0.15) is 44.6 Å². The second-order valence-corrected chi connectivity index (χ2v) is 7.53. The van der Waals surface area contributed by atoms with E-state index in [1.807, 2.05) is 6.07 Å². The summed E-state index contributed by atoms with van der Waals surface area (Å²) in [5, 5.41) is 0. The van der Waals surface area contributed by atoms with E-state index in [1.165, 1.54) is 18.4 Å². The number of ether oxygens (including phenoxy) is 1. The van der Waals surface area contributed by atoms with E-state index in [-0.39, 0.29) is 5.60 Å². The highest BCUT2D eigenvalue weighted by molar-refractivity contribution is 5.76. The molecule has 25 heavy (non-hydrogen) atoms. The van der Waals surface area contributed by atoms with Gasteiger partial charge < -0.3 is 14.5 Å². The van der Waals surface area contributed by atoms with Gasteiger partial charge in [-0.05, 0) is 56.8 Å². The smallest absolute Gasteiger partial charge is 0.222 e. The van der Waals surface area contributed by atoms with Crippen LogP contribution in [0.5, 0.6) is 0 Å². The minimum absolute atomic E-state index is 0.232. The SMILES string of the molecule is CCN1CCC(CC(=O)N2CCC(OC)(c3ccccc3)CC2)CC1. The highest BCUT2D eigenvalue weighted by atomic mass is 16.5. The minimum Gasteiger partial charge on any atom is -0.373 e. The van der Waals surface area contributed by atoms with Gasteiger partial charge in [-0.1, -0.05) is 37.3 Å². The highest BCUT2D eigenvalue weighted by Crippen LogP contribution is 2.36. The Labute approximate surface area is 152 Å². The minimum atomic E-state index is -0.232. The first-order valence-electron chi connectivity index (χ1n) is 9.77. The molecule has 1 aromatic carbocycles. The van der Waals surface area contributed by atoms with Crippen LogP contribution in [0.15, 0.2) is 30.3 Å². The third-order valence-corrected chi connectivity index (χ3v) is 6.23. The van der Waals surface area contributed by atoms with Gasteiger partial charge in [-0.25, -0.2) is 0 Å². The van der Waals surface area contributed by atoms with Crippen molar-refractivity contribution in [3.63, 3.8) is 0 Å². The number of amides is 1. The van der Waals surface area contributed by atoms with Crippen LogP contribution < -0.4 is 0 Å². The van der Waals surface area contributed by atoms with Crippen molar-refractivity contribution in [2.75, 3.05) is 39.8 Å². The van der Waals surface area contributed by atoms with Crippen molar-refractivity contribution in [3.05, 3.63) is 35.9 Å². The number of nitrogens with zero attached hydrogens (tertiary/aromatic N) is 2. The Kier molecular flexibility index (Phi) is 6.13. The average molecular weight is 344 g/mol. The second kappa shape index (κ2) is 8.33. The first kappa shape index (κ1) is 18.4. The molecule has 0 atom stereocenters. The van der Waals surface area contributed by atoms with Crippen molar-refractivity contribution in [2.45, 2.75) is 44.6 Å². The van der Waals surface area contributed by atoms with Crippen molar-refractivity contribution in [1.82, 2.24) is 9.80 Å². The summed E-state index contributed by atoms with van der Waals surface area (Å²) < 4.78 is 5.92. The van der Waals surface area contributed by atoms with Crippen LogP contribution in [0.25, 0.3) is 0 Å². The van der Waals surface area contributed by atoms with Crippen LogP contribution in [-0.4, -0.2) is 55.5 Å². The van der Waals surface area contributed by atoms with Crippen molar-refractivity contribution < 1.29 is 9.53 Å². The Morgan fingerprint density at radius 2 is 1.76 bits per heavy atom. The average Bonchev–Trinajstić information content (AvgIpc) is 2.69. The molecule has 0 radical (unpaired) electrons. The van der Waals surface area contributed by atoms with E-state index in [4.69, 9.17) is 4.74 Å². The lowest BCUT2D eigenvalue weighted by Gasteiger charge is -2.41. The number of rotatable bonds is 5. The number of likely N-dealkylation sites (tertiary alicyclic amines) is 2. The molecule has 1 aromatic rings. The van der Waals surface area contributed by atoms with E-state index >= 15 is 0 Å². The maximum atomic E-state index is 12.7. The normalized spacial score (nSPS) is 22.1. The zero-order chi connectivity index (χ0) is 17.7. The monoisotopic (exact) mass is 344 g/mol. The first-order valence-corrected chi connectivity index (χ1v) is 9.77. The molecule has 2 fully saturated rings. The molecule has 138 valence electrons. The highest BCUT2D eigenvalue weighted by Gasteiger charge is 2.37. The lowest BCUT2D eigenvalue weighted by atomic mass is 9.83. The molecule has 2 aliphatic heterocycles. The van der Waals surface area contributed by atoms with Crippen LogP contribution in [0.2, 0.25) is 0 Å². The van der Waals surface area contributed by atoms with Gasteiger partial charge in [0.1, 0.15) is 0 Å². The molecule has 0 N–H and O–H groups in total. The van der Waals surface area contributed by atoms with Gasteiger partial charge in [0.15, 0.2) is 0 Å². The van der Waals surface area contributed by atoms with Gasteiger partial charge in [0.2, 0.25) is 5.91 Å². The molecule has 2 aliphatic rings. The quantitative estimate of drug-likeness (QED) is 0.822. The lowest BCUT2D eigenvalue weighted by Crippen LogP contribution is -2.46. The number of piperidine rings is 2. The van der Waals surface area contributed by atoms with E-state index in [0.29, 0.717) is 11.8 Å². The Hall–Kier alpha value is -1.39. The molecular weight excluding hydrogens is 312 g/mol. The fourth-order valence-corrected chi connectivity index (χ4v) is 4.35. The van der Waals surface area contributed by atoms with Crippen LogP contribution >= 0.6 is 0 Å². The summed E-state index contributed by atoms with van der Waals surface area (Å²) in [4.78, 5) is 17.3. The van der Waals surface area contributed by atoms with E-state index < -0.39 is 0 Å². The number of hydrogen-bond acceptors (Lipinski definition) is 3. The van der Waals surface area contributed by atoms with Crippen molar-refractivity contribution in [1.29, 1.82) is 0 Å². The molecule has 4 heteroatoms. The standard InChI is InChI=1S/C21H32N2O2/c1-3-22-13-9-18(10-14-22)17-20(24)23-15-11-21(25-2,12-16-23)19-7-5-4-6-8-19/h4-8,18H,3,9-17H2,1-2H3. The van der Waals surface area contributed by atoms with E-state index in [1.54, 1.807) is 7.11 Å². The molecule has 3 rings (SSSR count). The molecule has 0 aliphatic carbocycles. The number of hydrogen-bond donors (Lipinski definition) is 0. The molecular formula is C21H32N2O2. The fourth-order valence-electron chi connectivity index (χ4n) is 4.35. The molecule has 0 spiro atoms. The molecule has 0 unspecified atom stereocenters. The largest absolute Gasteiger partial charge is 0.373 e. The van der Waals surface area contributed by atoms with E-state index in [9.17, 15) is 4.79 Å². The van der Waals surface area contributed by atoms with E-state index in [0.717, 1.165) is 52.0 Å². The van der Waals surface area contributed by atoms with Gasteiger partial charge in [0.25, 0.3) is 0 Å². The third kappa shape index (κ3) is 4.24. The van der Waals surface area contributed by atoms with Gasteiger partial charge in [0, 0.05) is 26.6 Å².